The lowest BCUT2D eigenvalue weighted by molar-refractivity contribution is -0.198. The van der Waals surface area contributed by atoms with Crippen molar-refractivity contribution in [1.82, 2.24) is 0 Å². The number of rotatable bonds is 1. The largest absolute Gasteiger partial charge is 0.490 e. The van der Waals surface area contributed by atoms with Gasteiger partial charge in [0.05, 0.1) is 0 Å². The van der Waals surface area contributed by atoms with Crippen LogP contribution in [0.2, 0.25) is 19.6 Å². The summed E-state index contributed by atoms with van der Waals surface area (Å²) in [6.45, 7) is 5.31. The molecular formula is C8H11F3O2Si. The molecule has 80 valence electrons. The molecule has 0 rings (SSSR count). The number of alkyl halides is 3. The number of esters is 1. The predicted octanol–water partition coefficient (Wildman–Crippen LogP) is 1.97. The van der Waals surface area contributed by atoms with Crippen LogP contribution < -0.4 is 0 Å². The first kappa shape index (κ1) is 13.0. The fraction of sp³-hybridized carbons (Fsp3) is 0.625. The molecule has 14 heavy (non-hydrogen) atoms. The topological polar surface area (TPSA) is 26.3 Å². The number of ether oxygens (including phenoxy) is 1. The first-order chi connectivity index (χ1) is 6.13. The highest BCUT2D eigenvalue weighted by molar-refractivity contribution is 6.83. The summed E-state index contributed by atoms with van der Waals surface area (Å²) in [6.07, 6.45) is -4.93. The second kappa shape index (κ2) is 4.51. The van der Waals surface area contributed by atoms with Crippen LogP contribution in [0.5, 0.6) is 0 Å². The lowest BCUT2D eigenvalue weighted by Gasteiger charge is -2.05. The Balaban J connectivity index is 3.97. The predicted molar refractivity (Wildman–Crippen MR) is 48.1 cm³/mol. The molecule has 0 heterocycles. The van der Waals surface area contributed by atoms with Crippen LogP contribution in [-0.2, 0) is 9.53 Å². The Morgan fingerprint density at radius 2 is 1.86 bits per heavy atom. The van der Waals surface area contributed by atoms with E-state index in [1.165, 1.54) is 0 Å². The molecule has 0 fully saturated rings. The molecule has 0 amide bonds. The zero-order chi connectivity index (χ0) is 11.4. The molecule has 0 unspecified atom stereocenters. The van der Waals surface area contributed by atoms with Crippen molar-refractivity contribution in [3.05, 3.63) is 0 Å². The van der Waals surface area contributed by atoms with Crippen LogP contribution in [-0.4, -0.2) is 26.8 Å². The number of carbonyl (C=O) groups is 1. The summed E-state index contributed by atoms with van der Waals surface area (Å²) in [5.41, 5.74) is 2.77. The highest BCUT2D eigenvalue weighted by atomic mass is 28.3. The lowest BCUT2D eigenvalue weighted by Crippen LogP contribution is -2.25. The van der Waals surface area contributed by atoms with Gasteiger partial charge in [0.15, 0.2) is 6.61 Å². The van der Waals surface area contributed by atoms with Crippen molar-refractivity contribution < 1.29 is 22.7 Å². The van der Waals surface area contributed by atoms with Crippen LogP contribution in [0.25, 0.3) is 0 Å². The maximum Gasteiger partial charge on any atom is 0.490 e. The van der Waals surface area contributed by atoms with Gasteiger partial charge in [0.25, 0.3) is 0 Å². The SMILES string of the molecule is C[Si](C)(C)C#CCOC(=O)C(F)(F)F. The van der Waals surface area contributed by atoms with Crippen molar-refractivity contribution in [2.24, 2.45) is 0 Å². The van der Waals surface area contributed by atoms with E-state index in [-0.39, 0.29) is 0 Å². The Morgan fingerprint density at radius 3 is 2.21 bits per heavy atom. The van der Waals surface area contributed by atoms with E-state index in [2.05, 4.69) is 16.2 Å². The molecule has 6 heteroatoms. The van der Waals surface area contributed by atoms with E-state index in [0.717, 1.165) is 0 Å². The Kier molecular flexibility index (Phi) is 4.20. The van der Waals surface area contributed by atoms with Gasteiger partial charge in [-0.05, 0) is 0 Å². The quantitative estimate of drug-likeness (QED) is 0.387. The smallest absolute Gasteiger partial charge is 0.446 e. The summed E-state index contributed by atoms with van der Waals surface area (Å²) >= 11 is 0. The molecule has 0 bridgehead atoms. The van der Waals surface area contributed by atoms with E-state index in [1.807, 2.05) is 19.6 Å². The molecule has 0 aromatic carbocycles. The van der Waals surface area contributed by atoms with Gasteiger partial charge in [-0.25, -0.2) is 4.79 Å². The Hall–Kier alpha value is -0.963. The molecule has 0 aliphatic carbocycles. The minimum absolute atomic E-state index is 0.497. The molecule has 0 atom stereocenters. The van der Waals surface area contributed by atoms with Gasteiger partial charge >= 0.3 is 12.1 Å². The van der Waals surface area contributed by atoms with E-state index < -0.39 is 26.8 Å². The van der Waals surface area contributed by atoms with Crippen LogP contribution in [0.15, 0.2) is 0 Å². The highest BCUT2D eigenvalue weighted by Crippen LogP contribution is 2.15. The third kappa shape index (κ3) is 6.54. The van der Waals surface area contributed by atoms with Gasteiger partial charge in [-0.1, -0.05) is 25.6 Å². The summed E-state index contributed by atoms with van der Waals surface area (Å²) in [6, 6.07) is 0. The molecular weight excluding hydrogens is 213 g/mol. The van der Waals surface area contributed by atoms with Crippen LogP contribution >= 0.6 is 0 Å². The standard InChI is InChI=1S/C8H11F3O2Si/c1-14(2,3)6-4-5-13-7(12)8(9,10)11/h5H2,1-3H3. The monoisotopic (exact) mass is 224 g/mol. The average Bonchev–Trinajstić information content (AvgIpc) is 1.93. The van der Waals surface area contributed by atoms with Crippen LogP contribution in [0.3, 0.4) is 0 Å². The summed E-state index contributed by atoms with van der Waals surface area (Å²) < 4.78 is 38.7. The Bertz CT molecular complexity index is 267. The zero-order valence-electron chi connectivity index (χ0n) is 8.16. The number of hydrogen-bond donors (Lipinski definition) is 0. The summed E-state index contributed by atoms with van der Waals surface area (Å²) in [5.74, 6) is 0.205. The van der Waals surface area contributed by atoms with E-state index in [4.69, 9.17) is 0 Å². The van der Waals surface area contributed by atoms with Gasteiger partial charge in [0, 0.05) is 0 Å². The van der Waals surface area contributed by atoms with Gasteiger partial charge < -0.3 is 4.74 Å². The van der Waals surface area contributed by atoms with Crippen molar-refractivity contribution in [2.75, 3.05) is 6.61 Å². The molecule has 0 radical (unpaired) electrons. The number of hydrogen-bond acceptors (Lipinski definition) is 2. The summed E-state index contributed by atoms with van der Waals surface area (Å²) in [4.78, 5) is 10.2. The third-order valence-electron chi connectivity index (χ3n) is 0.970. The minimum Gasteiger partial charge on any atom is -0.446 e. The first-order valence-corrected chi connectivity index (χ1v) is 7.37. The second-order valence-electron chi connectivity index (χ2n) is 3.63. The van der Waals surface area contributed by atoms with E-state index in [1.54, 1.807) is 0 Å². The van der Waals surface area contributed by atoms with Crippen LogP contribution in [0, 0.1) is 11.5 Å². The Labute approximate surface area is 81.4 Å². The molecule has 0 aromatic rings. The fourth-order valence-electron chi connectivity index (χ4n) is 0.485. The first-order valence-electron chi connectivity index (χ1n) is 3.87. The van der Waals surface area contributed by atoms with Gasteiger partial charge in [-0.2, -0.15) is 13.2 Å². The fourth-order valence-corrected chi connectivity index (χ4v) is 1.09. The summed E-state index contributed by atoms with van der Waals surface area (Å²) in [5, 5.41) is 0. The van der Waals surface area contributed by atoms with Crippen molar-refractivity contribution in [3.63, 3.8) is 0 Å². The number of carbonyl (C=O) groups excluding carboxylic acids is 1. The van der Waals surface area contributed by atoms with Crippen LogP contribution in [0.1, 0.15) is 0 Å². The Morgan fingerprint density at radius 1 is 1.36 bits per heavy atom. The number of halogens is 3. The molecule has 0 spiro atoms. The van der Waals surface area contributed by atoms with Gasteiger partial charge in [-0.15, -0.1) is 5.54 Å². The zero-order valence-corrected chi connectivity index (χ0v) is 9.16. The molecule has 0 saturated heterocycles. The maximum absolute atomic E-state index is 11.6. The molecule has 0 aromatic heterocycles. The molecule has 2 nitrogen and oxygen atoms in total. The molecule has 0 N–H and O–H groups in total. The van der Waals surface area contributed by atoms with Crippen molar-refractivity contribution in [2.45, 2.75) is 25.8 Å². The average molecular weight is 224 g/mol. The van der Waals surface area contributed by atoms with Gasteiger partial charge in [0.1, 0.15) is 8.07 Å². The molecule has 0 aliphatic rings. The van der Waals surface area contributed by atoms with Crippen molar-refractivity contribution in [3.8, 4) is 11.5 Å². The normalized spacial score (nSPS) is 11.6. The minimum atomic E-state index is -4.93. The van der Waals surface area contributed by atoms with Gasteiger partial charge in [0.2, 0.25) is 0 Å². The van der Waals surface area contributed by atoms with E-state index in [0.29, 0.717) is 0 Å². The molecule has 0 aliphatic heterocycles. The van der Waals surface area contributed by atoms with Crippen molar-refractivity contribution >= 4 is 14.0 Å². The molecule has 0 saturated carbocycles. The summed E-state index contributed by atoms with van der Waals surface area (Å²) in [7, 11) is -1.61. The van der Waals surface area contributed by atoms with Crippen molar-refractivity contribution in [1.29, 1.82) is 0 Å². The maximum atomic E-state index is 11.6. The van der Waals surface area contributed by atoms with Crippen LogP contribution in [0.4, 0.5) is 13.2 Å². The van der Waals surface area contributed by atoms with E-state index in [9.17, 15) is 18.0 Å². The van der Waals surface area contributed by atoms with Gasteiger partial charge in [-0.3, -0.25) is 0 Å². The van der Waals surface area contributed by atoms with E-state index >= 15 is 0 Å². The second-order valence-corrected chi connectivity index (χ2v) is 8.38. The lowest BCUT2D eigenvalue weighted by atomic mass is 10.6. The third-order valence-corrected chi connectivity index (χ3v) is 1.90. The highest BCUT2D eigenvalue weighted by Gasteiger charge is 2.40.